The summed E-state index contributed by atoms with van der Waals surface area (Å²) in [5.41, 5.74) is 3.90. The molecule has 0 unspecified atom stereocenters. The summed E-state index contributed by atoms with van der Waals surface area (Å²) in [6.45, 7) is 12.5. The van der Waals surface area contributed by atoms with Gasteiger partial charge < -0.3 is 9.47 Å². The molecule has 160 valence electrons. The van der Waals surface area contributed by atoms with Crippen molar-refractivity contribution in [1.29, 1.82) is 0 Å². The van der Waals surface area contributed by atoms with Gasteiger partial charge in [0.25, 0.3) is 5.56 Å². The predicted octanol–water partition coefficient (Wildman–Crippen LogP) is 3.35. The van der Waals surface area contributed by atoms with Crippen LogP contribution in [0.1, 0.15) is 38.3 Å². The van der Waals surface area contributed by atoms with Gasteiger partial charge in [0, 0.05) is 32.4 Å². The zero-order valence-electron chi connectivity index (χ0n) is 18.8. The minimum Gasteiger partial charge on any atom is -0.312 e. The first-order valence-electron chi connectivity index (χ1n) is 10.7. The average Bonchev–Trinajstić information content (AvgIpc) is 3.04. The topological polar surface area (TPSA) is 65.1 Å². The van der Waals surface area contributed by atoms with Crippen LogP contribution in [0.4, 0.5) is 11.6 Å². The van der Waals surface area contributed by atoms with E-state index in [4.69, 9.17) is 4.98 Å². The van der Waals surface area contributed by atoms with Gasteiger partial charge in [0.15, 0.2) is 11.2 Å². The first-order valence-corrected chi connectivity index (χ1v) is 10.7. The van der Waals surface area contributed by atoms with Crippen LogP contribution >= 0.6 is 0 Å². The van der Waals surface area contributed by atoms with Crippen LogP contribution < -0.4 is 16.1 Å². The number of anilines is 2. The number of aromatic nitrogens is 4. The van der Waals surface area contributed by atoms with E-state index in [1.54, 1.807) is 7.05 Å². The third kappa shape index (κ3) is 3.36. The van der Waals surface area contributed by atoms with Crippen molar-refractivity contribution in [2.75, 3.05) is 11.4 Å². The van der Waals surface area contributed by atoms with Crippen LogP contribution in [0.2, 0.25) is 0 Å². The van der Waals surface area contributed by atoms with Crippen LogP contribution in [0.25, 0.3) is 11.2 Å². The Balaban J connectivity index is 1.96. The minimum absolute atomic E-state index is 0.234. The standard InChI is InChI=1S/C23H31N5O2/c1-14(2)7-8-26-21(29)19-20(25(6)23(26)30)24-22-27(12-17(5)13-28(19)22)18-10-15(3)9-16(4)11-18/h9-11,14,17H,7-8,12-13H2,1-6H3/t17-/m1/s1. The van der Waals surface area contributed by atoms with Crippen molar-refractivity contribution < 1.29 is 0 Å². The molecule has 0 saturated heterocycles. The van der Waals surface area contributed by atoms with E-state index in [1.807, 2.05) is 4.57 Å². The molecule has 7 nitrogen and oxygen atoms in total. The Hall–Kier alpha value is -2.83. The molecule has 2 aromatic heterocycles. The summed E-state index contributed by atoms with van der Waals surface area (Å²) in [4.78, 5) is 33.3. The van der Waals surface area contributed by atoms with E-state index in [0.717, 1.165) is 24.6 Å². The fourth-order valence-corrected chi connectivity index (χ4v) is 4.41. The second kappa shape index (κ2) is 7.45. The smallest absolute Gasteiger partial charge is 0.312 e. The zero-order chi connectivity index (χ0) is 21.7. The molecule has 0 aliphatic carbocycles. The molecule has 3 heterocycles. The molecule has 0 radical (unpaired) electrons. The summed E-state index contributed by atoms with van der Waals surface area (Å²) < 4.78 is 4.90. The van der Waals surface area contributed by atoms with Gasteiger partial charge in [-0.2, -0.15) is 4.98 Å². The molecule has 30 heavy (non-hydrogen) atoms. The van der Waals surface area contributed by atoms with Crippen molar-refractivity contribution in [3.63, 3.8) is 0 Å². The lowest BCUT2D eigenvalue weighted by molar-refractivity contribution is 0.455. The molecule has 7 heteroatoms. The Morgan fingerprint density at radius 1 is 1.10 bits per heavy atom. The minimum atomic E-state index is -0.297. The van der Waals surface area contributed by atoms with Crippen molar-refractivity contribution in [3.05, 3.63) is 50.2 Å². The molecular weight excluding hydrogens is 378 g/mol. The molecule has 3 aromatic rings. The third-order valence-corrected chi connectivity index (χ3v) is 5.89. The molecule has 1 aromatic carbocycles. The van der Waals surface area contributed by atoms with Crippen molar-refractivity contribution in [3.8, 4) is 0 Å². The molecule has 0 saturated carbocycles. The SMILES string of the molecule is Cc1cc(C)cc(N2C[C@@H](C)Cn3c2nc2c3c(=O)n(CCC(C)C)c(=O)n2C)c1. The average molecular weight is 410 g/mol. The van der Waals surface area contributed by atoms with E-state index in [1.165, 1.54) is 20.3 Å². The molecule has 1 aliphatic rings. The Morgan fingerprint density at radius 3 is 2.40 bits per heavy atom. The lowest BCUT2D eigenvalue weighted by Gasteiger charge is -2.33. The quantitative estimate of drug-likeness (QED) is 0.663. The summed E-state index contributed by atoms with van der Waals surface area (Å²) >= 11 is 0. The van der Waals surface area contributed by atoms with Crippen LogP contribution in [0.5, 0.6) is 0 Å². The van der Waals surface area contributed by atoms with Gasteiger partial charge in [-0.3, -0.25) is 13.9 Å². The molecule has 1 atom stereocenters. The normalized spacial score (nSPS) is 16.5. The van der Waals surface area contributed by atoms with Crippen LogP contribution in [0.15, 0.2) is 27.8 Å². The van der Waals surface area contributed by atoms with Gasteiger partial charge in [0.05, 0.1) is 0 Å². The number of aryl methyl sites for hydroxylation is 3. The summed E-state index contributed by atoms with van der Waals surface area (Å²) in [6.07, 6.45) is 0.784. The maximum absolute atomic E-state index is 13.4. The first kappa shape index (κ1) is 20.4. The summed E-state index contributed by atoms with van der Waals surface area (Å²) in [6, 6.07) is 6.44. The lowest BCUT2D eigenvalue weighted by Crippen LogP contribution is -2.40. The second-order valence-electron chi connectivity index (χ2n) is 9.24. The van der Waals surface area contributed by atoms with Crippen LogP contribution in [-0.4, -0.2) is 25.2 Å². The van der Waals surface area contributed by atoms with Gasteiger partial charge in [-0.05, 0) is 55.4 Å². The van der Waals surface area contributed by atoms with Crippen molar-refractivity contribution in [2.24, 2.45) is 18.9 Å². The Bertz CT molecular complexity index is 1210. The fraction of sp³-hybridized carbons (Fsp3) is 0.522. The molecule has 0 spiro atoms. The molecular formula is C23H31N5O2. The van der Waals surface area contributed by atoms with Gasteiger partial charge in [-0.25, -0.2) is 4.79 Å². The zero-order valence-corrected chi connectivity index (χ0v) is 18.8. The van der Waals surface area contributed by atoms with Crippen LogP contribution in [-0.2, 0) is 20.1 Å². The number of hydrogen-bond donors (Lipinski definition) is 0. The van der Waals surface area contributed by atoms with Crippen molar-refractivity contribution in [1.82, 2.24) is 18.7 Å². The fourth-order valence-electron chi connectivity index (χ4n) is 4.41. The van der Waals surface area contributed by atoms with E-state index >= 15 is 0 Å². The molecule has 0 fully saturated rings. The van der Waals surface area contributed by atoms with Crippen molar-refractivity contribution in [2.45, 2.75) is 54.1 Å². The molecule has 0 amide bonds. The molecule has 0 N–H and O–H groups in total. The first-order chi connectivity index (χ1) is 14.2. The number of nitrogens with zero attached hydrogens (tertiary/aromatic N) is 5. The van der Waals surface area contributed by atoms with Gasteiger partial charge in [0.1, 0.15) is 0 Å². The molecule has 1 aliphatic heterocycles. The van der Waals surface area contributed by atoms with Gasteiger partial charge in [-0.15, -0.1) is 0 Å². The summed E-state index contributed by atoms with van der Waals surface area (Å²) in [5, 5.41) is 0. The largest absolute Gasteiger partial charge is 0.332 e. The Labute approximate surface area is 176 Å². The number of hydrogen-bond acceptors (Lipinski definition) is 4. The van der Waals surface area contributed by atoms with Gasteiger partial charge in [-0.1, -0.05) is 26.8 Å². The molecule has 4 rings (SSSR count). The summed E-state index contributed by atoms with van der Waals surface area (Å²) in [5.74, 6) is 1.50. The number of rotatable bonds is 4. The number of benzene rings is 1. The highest BCUT2D eigenvalue weighted by atomic mass is 16.2. The number of imidazole rings is 1. The highest BCUT2D eigenvalue weighted by Crippen LogP contribution is 2.33. The predicted molar refractivity (Wildman–Crippen MR) is 121 cm³/mol. The van der Waals surface area contributed by atoms with E-state index in [2.05, 4.69) is 57.7 Å². The van der Waals surface area contributed by atoms with E-state index < -0.39 is 0 Å². The number of fused-ring (bicyclic) bond motifs is 3. The lowest BCUT2D eigenvalue weighted by atomic mass is 10.1. The van der Waals surface area contributed by atoms with Crippen LogP contribution in [0.3, 0.4) is 0 Å². The Kier molecular flexibility index (Phi) is 5.08. The Morgan fingerprint density at radius 2 is 1.77 bits per heavy atom. The maximum atomic E-state index is 13.4. The highest BCUT2D eigenvalue weighted by Gasteiger charge is 2.30. The van der Waals surface area contributed by atoms with Crippen LogP contribution in [0, 0.1) is 25.7 Å². The second-order valence-corrected chi connectivity index (χ2v) is 9.24. The maximum Gasteiger partial charge on any atom is 0.332 e. The molecule has 0 bridgehead atoms. The highest BCUT2D eigenvalue weighted by molar-refractivity contribution is 5.77. The van der Waals surface area contributed by atoms with E-state index in [0.29, 0.717) is 36.1 Å². The third-order valence-electron chi connectivity index (χ3n) is 5.89. The van der Waals surface area contributed by atoms with E-state index in [9.17, 15) is 9.59 Å². The van der Waals surface area contributed by atoms with Gasteiger partial charge >= 0.3 is 5.69 Å². The van der Waals surface area contributed by atoms with Gasteiger partial charge in [0.2, 0.25) is 5.95 Å². The monoisotopic (exact) mass is 409 g/mol. The van der Waals surface area contributed by atoms with E-state index in [-0.39, 0.29) is 11.2 Å². The van der Waals surface area contributed by atoms with Crippen molar-refractivity contribution >= 4 is 22.8 Å². The summed E-state index contributed by atoms with van der Waals surface area (Å²) in [7, 11) is 1.71.